The van der Waals surface area contributed by atoms with Gasteiger partial charge in [0.1, 0.15) is 5.75 Å². The van der Waals surface area contributed by atoms with Gasteiger partial charge in [-0.15, -0.1) is 0 Å². The Balaban J connectivity index is 1.71. The van der Waals surface area contributed by atoms with Crippen LogP contribution in [-0.2, 0) is 7.05 Å². The van der Waals surface area contributed by atoms with Crippen molar-refractivity contribution in [3.8, 4) is 5.75 Å². The molecule has 0 atom stereocenters. The highest BCUT2D eigenvalue weighted by atomic mass is 32.2. The summed E-state index contributed by atoms with van der Waals surface area (Å²) in [6.07, 6.45) is 3.69. The maximum absolute atomic E-state index is 12.1. The van der Waals surface area contributed by atoms with Gasteiger partial charge < -0.3 is 14.3 Å². The molecule has 0 amide bonds. The highest BCUT2D eigenvalue weighted by Crippen LogP contribution is 2.23. The molecule has 6 heteroatoms. The van der Waals surface area contributed by atoms with Crippen LogP contribution in [0.4, 0.5) is 0 Å². The predicted octanol–water partition coefficient (Wildman–Crippen LogP) is 2.89. The van der Waals surface area contributed by atoms with Gasteiger partial charge in [0.2, 0.25) is 0 Å². The summed E-state index contributed by atoms with van der Waals surface area (Å²) < 4.78 is 7.05. The lowest BCUT2D eigenvalue weighted by atomic mass is 10.2. The Morgan fingerprint density at radius 2 is 2.29 bits per heavy atom. The normalized spacial score (nSPS) is 11.0. The van der Waals surface area contributed by atoms with Crippen LogP contribution in [-0.4, -0.2) is 33.2 Å². The molecule has 0 radical (unpaired) electrons. The minimum atomic E-state index is 0.0960. The molecule has 0 fully saturated rings. The number of methoxy groups -OCH3 is 1. The highest BCUT2D eigenvalue weighted by molar-refractivity contribution is 7.99. The van der Waals surface area contributed by atoms with Crippen molar-refractivity contribution in [3.63, 3.8) is 0 Å². The molecule has 0 saturated heterocycles. The van der Waals surface area contributed by atoms with Crippen LogP contribution < -0.4 is 4.74 Å². The fourth-order valence-electron chi connectivity index (χ4n) is 2.05. The number of aromatic amines is 1. The summed E-state index contributed by atoms with van der Waals surface area (Å²) in [7, 11) is 3.53. The number of carbonyl (C=O) groups is 1. The zero-order chi connectivity index (χ0) is 14.8. The lowest BCUT2D eigenvalue weighted by Gasteiger charge is -1.97. The maximum Gasteiger partial charge on any atom is 0.174 e. The number of ether oxygens (including phenoxy) is 1. The smallest absolute Gasteiger partial charge is 0.174 e. The van der Waals surface area contributed by atoms with Crippen molar-refractivity contribution in [1.82, 2.24) is 14.5 Å². The number of ketones is 1. The Morgan fingerprint density at radius 1 is 1.43 bits per heavy atom. The number of H-pyrrole nitrogens is 1. The molecule has 0 unspecified atom stereocenters. The van der Waals surface area contributed by atoms with Gasteiger partial charge >= 0.3 is 0 Å². The van der Waals surface area contributed by atoms with Crippen LogP contribution in [0.15, 0.2) is 41.8 Å². The molecule has 108 valence electrons. The van der Waals surface area contributed by atoms with Crippen molar-refractivity contribution in [2.75, 3.05) is 12.9 Å². The number of hydrogen-bond acceptors (Lipinski definition) is 4. The molecule has 5 nitrogen and oxygen atoms in total. The molecule has 0 aliphatic rings. The van der Waals surface area contributed by atoms with Crippen LogP contribution in [0.5, 0.6) is 5.75 Å². The van der Waals surface area contributed by atoms with Crippen LogP contribution in [0.25, 0.3) is 11.0 Å². The van der Waals surface area contributed by atoms with Gasteiger partial charge in [-0.05, 0) is 18.2 Å². The van der Waals surface area contributed by atoms with E-state index in [1.54, 1.807) is 7.11 Å². The topological polar surface area (TPSA) is 59.9 Å². The fraction of sp³-hybridized carbons (Fsp3) is 0.200. The number of nitrogens with zero attached hydrogens (tertiary/aromatic N) is 2. The number of thioether (sulfide) groups is 1. The molecular formula is C15H15N3O2S. The number of aromatic nitrogens is 3. The van der Waals surface area contributed by atoms with E-state index in [-0.39, 0.29) is 5.78 Å². The minimum absolute atomic E-state index is 0.0960. The Bertz CT molecular complexity index is 791. The largest absolute Gasteiger partial charge is 0.497 e. The summed E-state index contributed by atoms with van der Waals surface area (Å²) in [4.78, 5) is 19.7. The lowest BCUT2D eigenvalue weighted by Crippen LogP contribution is -2.01. The summed E-state index contributed by atoms with van der Waals surface area (Å²) in [6, 6.07) is 7.48. The number of carbonyl (C=O) groups excluding carboxylic acids is 1. The number of fused-ring (bicyclic) bond motifs is 1. The fourth-order valence-corrected chi connectivity index (χ4v) is 2.83. The molecule has 2 heterocycles. The third kappa shape index (κ3) is 2.95. The molecule has 21 heavy (non-hydrogen) atoms. The molecule has 0 spiro atoms. The number of hydrogen-bond donors (Lipinski definition) is 1. The highest BCUT2D eigenvalue weighted by Gasteiger charge is 2.10. The van der Waals surface area contributed by atoms with Crippen LogP contribution in [0.1, 0.15) is 10.4 Å². The van der Waals surface area contributed by atoms with Gasteiger partial charge in [0, 0.05) is 31.1 Å². The van der Waals surface area contributed by atoms with Gasteiger partial charge in [-0.2, -0.15) is 0 Å². The summed E-state index contributed by atoms with van der Waals surface area (Å²) >= 11 is 1.41. The van der Waals surface area contributed by atoms with E-state index in [9.17, 15) is 4.79 Å². The van der Waals surface area contributed by atoms with E-state index in [4.69, 9.17) is 4.74 Å². The summed E-state index contributed by atoms with van der Waals surface area (Å²) in [5.41, 5.74) is 2.50. The maximum atomic E-state index is 12.1. The van der Waals surface area contributed by atoms with E-state index in [1.165, 1.54) is 11.8 Å². The predicted molar refractivity (Wildman–Crippen MR) is 83.1 cm³/mol. The van der Waals surface area contributed by atoms with Gasteiger partial charge in [0.15, 0.2) is 10.9 Å². The Labute approximate surface area is 126 Å². The van der Waals surface area contributed by atoms with Gasteiger partial charge in [0.25, 0.3) is 0 Å². The summed E-state index contributed by atoms with van der Waals surface area (Å²) in [5, 5.41) is 0.738. The standard InChI is InChI=1S/C15H15N3O2S/c1-18-6-5-10(8-18)14(19)9-21-15-16-12-4-3-11(20-2)7-13(12)17-15/h3-8H,9H2,1-2H3,(H,16,17). The molecular weight excluding hydrogens is 286 g/mol. The van der Waals surface area contributed by atoms with Gasteiger partial charge in [0.05, 0.1) is 23.9 Å². The number of nitrogens with one attached hydrogen (secondary N) is 1. The van der Waals surface area contributed by atoms with E-state index in [2.05, 4.69) is 9.97 Å². The molecule has 1 aromatic carbocycles. The monoisotopic (exact) mass is 301 g/mol. The minimum Gasteiger partial charge on any atom is -0.497 e. The van der Waals surface area contributed by atoms with Gasteiger partial charge in [-0.1, -0.05) is 11.8 Å². The van der Waals surface area contributed by atoms with E-state index >= 15 is 0 Å². The first-order valence-electron chi connectivity index (χ1n) is 6.47. The van der Waals surface area contributed by atoms with E-state index < -0.39 is 0 Å². The third-order valence-corrected chi connectivity index (χ3v) is 4.03. The van der Waals surface area contributed by atoms with Crippen LogP contribution in [0.2, 0.25) is 0 Å². The first-order chi connectivity index (χ1) is 10.2. The van der Waals surface area contributed by atoms with E-state index in [1.807, 2.05) is 48.3 Å². The first-order valence-corrected chi connectivity index (χ1v) is 7.46. The van der Waals surface area contributed by atoms with Crippen molar-refractivity contribution < 1.29 is 9.53 Å². The van der Waals surface area contributed by atoms with Crippen LogP contribution >= 0.6 is 11.8 Å². The van der Waals surface area contributed by atoms with E-state index in [0.29, 0.717) is 5.75 Å². The molecule has 3 rings (SSSR count). The second kappa shape index (κ2) is 5.65. The van der Waals surface area contributed by atoms with Gasteiger partial charge in [-0.3, -0.25) is 4.79 Å². The zero-order valence-electron chi connectivity index (χ0n) is 11.8. The number of Topliss-reactive ketones (excluding diaryl/α,β-unsaturated/α-hetero) is 1. The lowest BCUT2D eigenvalue weighted by molar-refractivity contribution is 0.102. The van der Waals surface area contributed by atoms with Gasteiger partial charge in [-0.25, -0.2) is 4.98 Å². The summed E-state index contributed by atoms with van der Waals surface area (Å²) in [5.74, 6) is 1.24. The Hall–Kier alpha value is -2.21. The Morgan fingerprint density at radius 3 is 3.00 bits per heavy atom. The Kier molecular flexibility index (Phi) is 3.70. The molecule has 0 saturated carbocycles. The zero-order valence-corrected chi connectivity index (χ0v) is 12.6. The number of imidazole rings is 1. The molecule has 3 aromatic rings. The third-order valence-electron chi connectivity index (χ3n) is 3.16. The van der Waals surface area contributed by atoms with Crippen molar-refractivity contribution in [2.45, 2.75) is 5.16 Å². The molecule has 2 aromatic heterocycles. The quantitative estimate of drug-likeness (QED) is 0.581. The second-order valence-electron chi connectivity index (χ2n) is 4.70. The number of aryl methyl sites for hydroxylation is 1. The van der Waals surface area contributed by atoms with Crippen molar-refractivity contribution in [1.29, 1.82) is 0 Å². The molecule has 0 aliphatic heterocycles. The summed E-state index contributed by atoms with van der Waals surface area (Å²) in [6.45, 7) is 0. The second-order valence-corrected chi connectivity index (χ2v) is 5.67. The van der Waals surface area contributed by atoms with Crippen molar-refractivity contribution in [3.05, 3.63) is 42.2 Å². The van der Waals surface area contributed by atoms with Crippen molar-refractivity contribution in [2.24, 2.45) is 7.05 Å². The number of rotatable bonds is 5. The SMILES string of the molecule is COc1ccc2nc(SCC(=O)c3ccn(C)c3)[nH]c2c1. The average molecular weight is 301 g/mol. The number of benzene rings is 1. The average Bonchev–Trinajstić information content (AvgIpc) is 3.09. The van der Waals surface area contributed by atoms with Crippen molar-refractivity contribution >= 4 is 28.6 Å². The molecule has 1 N–H and O–H groups in total. The molecule has 0 bridgehead atoms. The molecule has 0 aliphatic carbocycles. The van der Waals surface area contributed by atoms with Crippen LogP contribution in [0, 0.1) is 0 Å². The van der Waals surface area contributed by atoms with E-state index in [0.717, 1.165) is 27.5 Å². The van der Waals surface area contributed by atoms with Crippen LogP contribution in [0.3, 0.4) is 0 Å². The first kappa shape index (κ1) is 13.8.